The van der Waals surface area contributed by atoms with E-state index in [2.05, 4.69) is 23.5 Å². The number of aryl methyl sites for hydroxylation is 2. The largest absolute Gasteiger partial charge is 0.361 e. The Hall–Kier alpha value is -0.970. The molecular formula is C16H26N4S. The van der Waals surface area contributed by atoms with Crippen LogP contribution in [0.4, 0.5) is 0 Å². The van der Waals surface area contributed by atoms with Crippen molar-refractivity contribution in [1.82, 2.24) is 15.1 Å². The molecule has 1 aliphatic carbocycles. The van der Waals surface area contributed by atoms with Crippen molar-refractivity contribution >= 4 is 16.9 Å². The molecule has 2 heterocycles. The minimum absolute atomic E-state index is 0.511. The molecule has 1 fully saturated rings. The maximum Gasteiger partial charge on any atom is 0.156 e. The van der Waals surface area contributed by atoms with Gasteiger partial charge in [-0.3, -0.25) is 9.67 Å². The summed E-state index contributed by atoms with van der Waals surface area (Å²) in [5.74, 6) is 1.24. The Morgan fingerprint density at radius 3 is 2.81 bits per heavy atom. The Morgan fingerprint density at radius 2 is 2.14 bits per heavy atom. The summed E-state index contributed by atoms with van der Waals surface area (Å²) in [7, 11) is 1.99. The molecule has 2 aliphatic rings. The van der Waals surface area contributed by atoms with Crippen molar-refractivity contribution in [3.8, 4) is 0 Å². The Kier molecular flexibility index (Phi) is 4.57. The summed E-state index contributed by atoms with van der Waals surface area (Å²) < 4.78 is 1.91. The zero-order valence-electron chi connectivity index (χ0n) is 13.2. The van der Waals surface area contributed by atoms with Gasteiger partial charge in [-0.1, -0.05) is 37.9 Å². The lowest BCUT2D eigenvalue weighted by Gasteiger charge is -2.38. The highest BCUT2D eigenvalue weighted by atomic mass is 32.2. The Morgan fingerprint density at radius 1 is 1.33 bits per heavy atom. The number of amidine groups is 1. The number of hydrogen-bond donors (Lipinski definition) is 1. The SMILES string of the molecule is CCc1nn(C)cc1CNC1=NCC2(CCCCC2)CS1. The van der Waals surface area contributed by atoms with E-state index in [1.54, 1.807) is 0 Å². The number of hydrogen-bond acceptors (Lipinski definition) is 4. The fraction of sp³-hybridized carbons (Fsp3) is 0.750. The molecule has 0 amide bonds. The van der Waals surface area contributed by atoms with Crippen molar-refractivity contribution < 1.29 is 0 Å². The lowest BCUT2D eigenvalue weighted by molar-refractivity contribution is 0.232. The van der Waals surface area contributed by atoms with Crippen LogP contribution >= 0.6 is 11.8 Å². The molecule has 1 aromatic heterocycles. The first-order chi connectivity index (χ1) is 10.2. The van der Waals surface area contributed by atoms with Crippen LogP contribution in [-0.4, -0.2) is 27.2 Å². The average molecular weight is 306 g/mol. The molecule has 1 spiro atoms. The van der Waals surface area contributed by atoms with Crippen molar-refractivity contribution in [3.63, 3.8) is 0 Å². The van der Waals surface area contributed by atoms with Gasteiger partial charge in [0.1, 0.15) is 0 Å². The van der Waals surface area contributed by atoms with E-state index in [-0.39, 0.29) is 0 Å². The molecule has 0 saturated heterocycles. The molecule has 0 radical (unpaired) electrons. The van der Waals surface area contributed by atoms with Gasteiger partial charge in [0.2, 0.25) is 0 Å². The van der Waals surface area contributed by atoms with E-state index < -0.39 is 0 Å². The molecule has 3 rings (SSSR count). The number of rotatable bonds is 3. The van der Waals surface area contributed by atoms with Crippen LogP contribution in [0.5, 0.6) is 0 Å². The van der Waals surface area contributed by atoms with E-state index in [0.29, 0.717) is 5.41 Å². The van der Waals surface area contributed by atoms with Crippen molar-refractivity contribution in [3.05, 3.63) is 17.5 Å². The third kappa shape index (κ3) is 3.44. The van der Waals surface area contributed by atoms with Gasteiger partial charge in [0.25, 0.3) is 0 Å². The summed E-state index contributed by atoms with van der Waals surface area (Å²) in [6.07, 6.45) is 10.1. The van der Waals surface area contributed by atoms with E-state index in [1.165, 1.54) is 49.1 Å². The van der Waals surface area contributed by atoms with Gasteiger partial charge in [0.05, 0.1) is 5.69 Å². The third-order valence-corrected chi connectivity index (χ3v) is 6.05. The molecule has 0 atom stereocenters. The zero-order chi connectivity index (χ0) is 14.7. The van der Waals surface area contributed by atoms with E-state index in [9.17, 15) is 0 Å². The number of thioether (sulfide) groups is 1. The Labute approximate surface area is 131 Å². The van der Waals surface area contributed by atoms with Gasteiger partial charge >= 0.3 is 0 Å². The van der Waals surface area contributed by atoms with Crippen LogP contribution in [0.25, 0.3) is 0 Å². The van der Waals surface area contributed by atoms with E-state index in [0.717, 1.165) is 24.7 Å². The van der Waals surface area contributed by atoms with Crippen molar-refractivity contribution in [2.24, 2.45) is 17.5 Å². The standard InChI is InChI=1S/C16H26N4S/c1-3-14-13(10-20(2)19-14)9-17-15-18-11-16(12-21-15)7-5-4-6-8-16/h10H,3-9,11-12H2,1-2H3,(H,17,18). The van der Waals surface area contributed by atoms with E-state index in [1.807, 2.05) is 23.5 Å². The van der Waals surface area contributed by atoms with E-state index in [4.69, 9.17) is 4.99 Å². The first-order valence-corrected chi connectivity index (χ1v) is 9.12. The van der Waals surface area contributed by atoms with Gasteiger partial charge in [-0.2, -0.15) is 5.10 Å². The third-order valence-electron chi connectivity index (χ3n) is 4.74. The second kappa shape index (κ2) is 6.42. The summed E-state index contributed by atoms with van der Waals surface area (Å²) in [6, 6.07) is 0. The normalized spacial score (nSPS) is 21.3. The summed E-state index contributed by atoms with van der Waals surface area (Å²) in [6.45, 7) is 4.03. The van der Waals surface area contributed by atoms with E-state index >= 15 is 0 Å². The smallest absolute Gasteiger partial charge is 0.156 e. The topological polar surface area (TPSA) is 42.2 Å². The van der Waals surface area contributed by atoms with Crippen LogP contribution in [0.2, 0.25) is 0 Å². The Bertz CT molecular complexity index is 514. The predicted octanol–water partition coefficient (Wildman–Crippen LogP) is 3.13. The summed E-state index contributed by atoms with van der Waals surface area (Å²) in [4.78, 5) is 4.83. The average Bonchev–Trinajstić information content (AvgIpc) is 2.88. The molecule has 1 aliphatic heterocycles. The molecule has 21 heavy (non-hydrogen) atoms. The molecule has 4 nitrogen and oxygen atoms in total. The predicted molar refractivity (Wildman–Crippen MR) is 89.7 cm³/mol. The highest BCUT2D eigenvalue weighted by Gasteiger charge is 2.34. The minimum Gasteiger partial charge on any atom is -0.361 e. The molecule has 0 unspecified atom stereocenters. The number of nitrogens with zero attached hydrogens (tertiary/aromatic N) is 3. The molecule has 0 aromatic carbocycles. The fourth-order valence-electron chi connectivity index (χ4n) is 3.46. The fourth-order valence-corrected chi connectivity index (χ4v) is 4.62. The quantitative estimate of drug-likeness (QED) is 0.933. The monoisotopic (exact) mass is 306 g/mol. The zero-order valence-corrected chi connectivity index (χ0v) is 14.0. The minimum atomic E-state index is 0.511. The molecule has 1 aromatic rings. The van der Waals surface area contributed by atoms with Crippen LogP contribution in [0, 0.1) is 5.41 Å². The number of aliphatic imine (C=N–C) groups is 1. The second-order valence-corrected chi connectivity index (χ2v) is 7.42. The summed E-state index contributed by atoms with van der Waals surface area (Å²) >= 11 is 1.92. The Balaban J connectivity index is 1.56. The summed E-state index contributed by atoms with van der Waals surface area (Å²) in [5.41, 5.74) is 2.99. The molecular weight excluding hydrogens is 280 g/mol. The van der Waals surface area contributed by atoms with Crippen LogP contribution in [0.3, 0.4) is 0 Å². The molecule has 1 saturated carbocycles. The van der Waals surface area contributed by atoms with Gasteiger partial charge in [0.15, 0.2) is 5.17 Å². The molecule has 0 bridgehead atoms. The number of aromatic nitrogens is 2. The molecule has 5 heteroatoms. The maximum absolute atomic E-state index is 4.83. The van der Waals surface area contributed by atoms with Crippen molar-refractivity contribution in [1.29, 1.82) is 0 Å². The van der Waals surface area contributed by atoms with Crippen LogP contribution in [0.1, 0.15) is 50.3 Å². The molecule has 116 valence electrons. The van der Waals surface area contributed by atoms with Crippen molar-refractivity contribution in [2.45, 2.75) is 52.0 Å². The lowest BCUT2D eigenvalue weighted by atomic mass is 9.75. The summed E-state index contributed by atoms with van der Waals surface area (Å²) in [5, 5.41) is 9.12. The number of nitrogens with one attached hydrogen (secondary N) is 1. The van der Waals surface area contributed by atoms with Crippen LogP contribution < -0.4 is 5.32 Å². The first-order valence-electron chi connectivity index (χ1n) is 8.13. The van der Waals surface area contributed by atoms with Gasteiger partial charge in [0, 0.05) is 37.7 Å². The van der Waals surface area contributed by atoms with Crippen LogP contribution in [0.15, 0.2) is 11.2 Å². The lowest BCUT2D eigenvalue weighted by Crippen LogP contribution is -2.36. The highest BCUT2D eigenvalue weighted by molar-refractivity contribution is 8.13. The van der Waals surface area contributed by atoms with Crippen LogP contribution in [-0.2, 0) is 20.0 Å². The van der Waals surface area contributed by atoms with Gasteiger partial charge in [-0.25, -0.2) is 0 Å². The maximum atomic E-state index is 4.83. The van der Waals surface area contributed by atoms with Gasteiger partial charge in [-0.15, -0.1) is 0 Å². The second-order valence-electron chi connectivity index (χ2n) is 6.45. The first kappa shape index (κ1) is 14.9. The van der Waals surface area contributed by atoms with Gasteiger partial charge in [-0.05, 0) is 24.7 Å². The highest BCUT2D eigenvalue weighted by Crippen LogP contribution is 2.41. The molecule has 1 N–H and O–H groups in total. The van der Waals surface area contributed by atoms with Crippen molar-refractivity contribution in [2.75, 3.05) is 12.3 Å². The van der Waals surface area contributed by atoms with Gasteiger partial charge < -0.3 is 5.32 Å².